The molecule has 6 heteroatoms. The van der Waals surface area contributed by atoms with Crippen LogP contribution in [0, 0.1) is 6.92 Å². The van der Waals surface area contributed by atoms with Crippen LogP contribution < -0.4 is 4.74 Å². The third-order valence-electron chi connectivity index (χ3n) is 4.61. The largest absolute Gasteiger partial charge is 0.481 e. The number of carbonyl (C=O) groups is 1. The van der Waals surface area contributed by atoms with Crippen molar-refractivity contribution in [3.05, 3.63) is 64.8 Å². The SMILES string of the molecule is Cc1cccc2scc(Cc3c(OCCCC(=O)O)nc4ccccn34)c12. The number of nitrogens with zero attached hydrogens (tertiary/aromatic N) is 2. The number of rotatable bonds is 7. The Hall–Kier alpha value is -2.86. The van der Waals surface area contributed by atoms with E-state index < -0.39 is 5.97 Å². The van der Waals surface area contributed by atoms with Crippen LogP contribution in [0.15, 0.2) is 48.0 Å². The monoisotopic (exact) mass is 380 g/mol. The van der Waals surface area contributed by atoms with Crippen LogP contribution in [0.2, 0.25) is 0 Å². The van der Waals surface area contributed by atoms with Crippen molar-refractivity contribution in [1.29, 1.82) is 0 Å². The van der Waals surface area contributed by atoms with Gasteiger partial charge in [-0.1, -0.05) is 18.2 Å². The summed E-state index contributed by atoms with van der Waals surface area (Å²) in [6, 6.07) is 12.2. The van der Waals surface area contributed by atoms with Crippen LogP contribution in [0.5, 0.6) is 5.88 Å². The molecule has 138 valence electrons. The number of aromatic nitrogens is 2. The van der Waals surface area contributed by atoms with E-state index in [9.17, 15) is 4.79 Å². The van der Waals surface area contributed by atoms with Crippen molar-refractivity contribution >= 4 is 33.0 Å². The van der Waals surface area contributed by atoms with E-state index in [0.717, 1.165) is 11.3 Å². The summed E-state index contributed by atoms with van der Waals surface area (Å²) in [6.07, 6.45) is 3.26. The maximum Gasteiger partial charge on any atom is 0.303 e. The van der Waals surface area contributed by atoms with Gasteiger partial charge in [-0.05, 0) is 53.4 Å². The maximum absolute atomic E-state index is 10.7. The normalized spacial score (nSPS) is 11.3. The standard InChI is InChI=1S/C21H20N2O3S/c1-14-6-4-7-17-20(14)15(13-27-17)12-16-21(26-11-5-9-19(24)25)22-18-8-2-3-10-23(16)18/h2-4,6-8,10,13H,5,9,11-12H2,1H3,(H,24,25). The topological polar surface area (TPSA) is 63.8 Å². The molecule has 1 aromatic carbocycles. The third-order valence-corrected chi connectivity index (χ3v) is 5.60. The van der Waals surface area contributed by atoms with Crippen molar-refractivity contribution in [1.82, 2.24) is 9.38 Å². The number of imidazole rings is 1. The van der Waals surface area contributed by atoms with Crippen LogP contribution in [0.25, 0.3) is 15.7 Å². The first-order chi connectivity index (χ1) is 13.1. The summed E-state index contributed by atoms with van der Waals surface area (Å²) in [4.78, 5) is 15.3. The lowest BCUT2D eigenvalue weighted by molar-refractivity contribution is -0.137. The highest BCUT2D eigenvalue weighted by molar-refractivity contribution is 7.17. The van der Waals surface area contributed by atoms with Crippen molar-refractivity contribution in [2.45, 2.75) is 26.2 Å². The third kappa shape index (κ3) is 3.53. The molecule has 0 aliphatic carbocycles. The average molecular weight is 380 g/mol. The summed E-state index contributed by atoms with van der Waals surface area (Å²) in [6.45, 7) is 2.48. The molecule has 0 radical (unpaired) electrons. The Morgan fingerprint density at radius 3 is 3.00 bits per heavy atom. The second-order valence-electron chi connectivity index (χ2n) is 6.52. The Labute approximate surface area is 160 Å². The summed E-state index contributed by atoms with van der Waals surface area (Å²) >= 11 is 1.75. The van der Waals surface area contributed by atoms with Gasteiger partial charge in [-0.15, -0.1) is 11.3 Å². The van der Waals surface area contributed by atoms with Crippen LogP contribution >= 0.6 is 11.3 Å². The van der Waals surface area contributed by atoms with Crippen LogP contribution in [-0.4, -0.2) is 27.1 Å². The number of hydrogen-bond donors (Lipinski definition) is 1. The van der Waals surface area contributed by atoms with Crippen molar-refractivity contribution in [3.63, 3.8) is 0 Å². The molecule has 0 saturated carbocycles. The molecule has 0 spiro atoms. The Kier molecular flexibility index (Phi) is 4.81. The minimum absolute atomic E-state index is 0.0943. The Morgan fingerprint density at radius 2 is 2.15 bits per heavy atom. The smallest absolute Gasteiger partial charge is 0.303 e. The number of aryl methyl sites for hydroxylation is 1. The van der Waals surface area contributed by atoms with E-state index in [1.165, 1.54) is 21.2 Å². The van der Waals surface area contributed by atoms with E-state index in [1.807, 2.05) is 28.8 Å². The number of thiophene rings is 1. The van der Waals surface area contributed by atoms with E-state index in [4.69, 9.17) is 9.84 Å². The highest BCUT2D eigenvalue weighted by Gasteiger charge is 2.16. The molecule has 0 atom stereocenters. The van der Waals surface area contributed by atoms with Gasteiger partial charge in [-0.3, -0.25) is 9.20 Å². The van der Waals surface area contributed by atoms with Gasteiger partial charge in [0.15, 0.2) is 0 Å². The van der Waals surface area contributed by atoms with Crippen molar-refractivity contribution < 1.29 is 14.6 Å². The first-order valence-corrected chi connectivity index (χ1v) is 9.77. The summed E-state index contributed by atoms with van der Waals surface area (Å²) in [7, 11) is 0. The number of carboxylic acids is 1. The van der Waals surface area contributed by atoms with Gasteiger partial charge in [-0.25, -0.2) is 0 Å². The van der Waals surface area contributed by atoms with Crippen LogP contribution in [0.4, 0.5) is 0 Å². The van der Waals surface area contributed by atoms with E-state index in [1.54, 1.807) is 11.3 Å². The van der Waals surface area contributed by atoms with Gasteiger partial charge >= 0.3 is 5.97 Å². The summed E-state index contributed by atoms with van der Waals surface area (Å²) in [5.41, 5.74) is 4.34. The lowest BCUT2D eigenvalue weighted by Gasteiger charge is -2.07. The molecule has 4 rings (SSSR count). The highest BCUT2D eigenvalue weighted by Crippen LogP contribution is 2.32. The maximum atomic E-state index is 10.7. The van der Waals surface area contributed by atoms with Crippen LogP contribution in [0.3, 0.4) is 0 Å². The molecule has 0 aliphatic heterocycles. The quantitative estimate of drug-likeness (QED) is 0.472. The fourth-order valence-corrected chi connectivity index (χ4v) is 4.39. The summed E-state index contributed by atoms with van der Waals surface area (Å²) in [5.74, 6) is -0.228. The first kappa shape index (κ1) is 17.5. The van der Waals surface area contributed by atoms with Crippen molar-refractivity contribution in [2.75, 3.05) is 6.61 Å². The molecule has 0 amide bonds. The molecular weight excluding hydrogens is 360 g/mol. The lowest BCUT2D eigenvalue weighted by Crippen LogP contribution is -2.04. The highest BCUT2D eigenvalue weighted by atomic mass is 32.1. The van der Waals surface area contributed by atoms with Gasteiger partial charge in [0, 0.05) is 23.7 Å². The second-order valence-corrected chi connectivity index (χ2v) is 7.44. The zero-order valence-electron chi connectivity index (χ0n) is 15.0. The molecule has 3 aromatic heterocycles. The number of hydrogen-bond acceptors (Lipinski definition) is 4. The zero-order chi connectivity index (χ0) is 18.8. The van der Waals surface area contributed by atoms with Crippen LogP contribution in [0.1, 0.15) is 29.7 Å². The van der Waals surface area contributed by atoms with Gasteiger partial charge in [0.25, 0.3) is 0 Å². The predicted octanol–water partition coefficient (Wildman–Crippen LogP) is 4.69. The summed E-state index contributed by atoms with van der Waals surface area (Å²) in [5, 5.41) is 12.3. The van der Waals surface area contributed by atoms with Crippen molar-refractivity contribution in [2.24, 2.45) is 0 Å². The predicted molar refractivity (Wildman–Crippen MR) is 107 cm³/mol. The number of aliphatic carboxylic acids is 1. The number of fused-ring (bicyclic) bond motifs is 2. The van der Waals surface area contributed by atoms with Crippen molar-refractivity contribution in [3.8, 4) is 5.88 Å². The molecule has 1 N–H and O–H groups in total. The Bertz CT molecular complexity index is 1110. The average Bonchev–Trinajstić information content (AvgIpc) is 3.22. The molecule has 0 fully saturated rings. The minimum Gasteiger partial charge on any atom is -0.481 e. The summed E-state index contributed by atoms with van der Waals surface area (Å²) < 4.78 is 9.20. The molecule has 4 aromatic rings. The van der Waals surface area contributed by atoms with Gasteiger partial charge in [0.2, 0.25) is 5.88 Å². The molecule has 0 aliphatic rings. The zero-order valence-corrected chi connectivity index (χ0v) is 15.8. The molecule has 5 nitrogen and oxygen atoms in total. The van der Waals surface area contributed by atoms with E-state index in [2.05, 4.69) is 35.5 Å². The molecule has 0 unspecified atom stereocenters. The molecule has 27 heavy (non-hydrogen) atoms. The number of pyridine rings is 1. The Balaban J connectivity index is 1.69. The van der Waals surface area contributed by atoms with E-state index in [-0.39, 0.29) is 6.42 Å². The van der Waals surface area contributed by atoms with Crippen LogP contribution in [-0.2, 0) is 11.2 Å². The lowest BCUT2D eigenvalue weighted by atomic mass is 10.0. The Morgan fingerprint density at radius 1 is 1.26 bits per heavy atom. The number of benzene rings is 1. The number of carboxylic acid groups (broad SMARTS) is 1. The molecule has 0 saturated heterocycles. The second kappa shape index (κ2) is 7.40. The number of ether oxygens (including phenoxy) is 1. The molecular formula is C21H20N2O3S. The first-order valence-electron chi connectivity index (χ1n) is 8.90. The fourth-order valence-electron chi connectivity index (χ4n) is 3.35. The van der Waals surface area contributed by atoms with E-state index in [0.29, 0.717) is 25.3 Å². The van der Waals surface area contributed by atoms with Gasteiger partial charge in [-0.2, -0.15) is 4.98 Å². The van der Waals surface area contributed by atoms with Gasteiger partial charge in [0.1, 0.15) is 5.65 Å². The fraction of sp³-hybridized carbons (Fsp3) is 0.238. The minimum atomic E-state index is -0.811. The molecule has 0 bridgehead atoms. The van der Waals surface area contributed by atoms with Gasteiger partial charge in [0.05, 0.1) is 12.3 Å². The van der Waals surface area contributed by atoms with E-state index >= 15 is 0 Å². The molecule has 3 heterocycles. The van der Waals surface area contributed by atoms with Gasteiger partial charge < -0.3 is 9.84 Å².